The summed E-state index contributed by atoms with van der Waals surface area (Å²) in [7, 11) is 0. The number of amides is 1. The van der Waals surface area contributed by atoms with Gasteiger partial charge in [-0.1, -0.05) is 41.3 Å². The molecule has 1 aromatic carbocycles. The van der Waals surface area contributed by atoms with E-state index in [-0.39, 0.29) is 17.2 Å². The van der Waals surface area contributed by atoms with Crippen LogP contribution in [0.25, 0.3) is 0 Å². The van der Waals surface area contributed by atoms with E-state index in [1.54, 1.807) is 0 Å². The zero-order valence-corrected chi connectivity index (χ0v) is 13.4. The number of nitrogens with zero attached hydrogens (tertiary/aromatic N) is 3. The molecule has 0 spiro atoms. The van der Waals surface area contributed by atoms with Crippen molar-refractivity contribution in [3.05, 3.63) is 29.8 Å². The second-order valence-corrected chi connectivity index (χ2v) is 7.65. The van der Waals surface area contributed by atoms with Gasteiger partial charge in [0.05, 0.1) is 5.25 Å². The first-order chi connectivity index (χ1) is 10.1. The molecule has 0 saturated carbocycles. The standard InChI is InChI=1S/C14H16N4OS2/c1-8-7-10-5-3-4-6-11(10)18(8)12(19)9(2)20-14-17-16-13(15)21-14/h3-6,8-9H,7H2,1-2H3,(H2,15,16)/t8-,9-/m1/s1. The molecule has 1 aliphatic rings. The predicted octanol–water partition coefficient (Wildman–Crippen LogP) is 2.58. The van der Waals surface area contributed by atoms with E-state index in [2.05, 4.69) is 23.2 Å². The molecule has 2 N–H and O–H groups in total. The molecule has 0 bridgehead atoms. The number of fused-ring (bicyclic) bond motifs is 1. The molecule has 2 heterocycles. The molecule has 21 heavy (non-hydrogen) atoms. The van der Waals surface area contributed by atoms with Crippen LogP contribution in [0.15, 0.2) is 28.6 Å². The Bertz CT molecular complexity index is 672. The number of carbonyl (C=O) groups is 1. The number of para-hydroxylation sites is 1. The Balaban J connectivity index is 1.78. The van der Waals surface area contributed by atoms with Gasteiger partial charge in [-0.15, -0.1) is 10.2 Å². The summed E-state index contributed by atoms with van der Waals surface area (Å²) >= 11 is 2.72. The minimum Gasteiger partial charge on any atom is -0.374 e. The van der Waals surface area contributed by atoms with E-state index in [1.165, 1.54) is 28.7 Å². The molecule has 5 nitrogen and oxygen atoms in total. The van der Waals surface area contributed by atoms with E-state index in [4.69, 9.17) is 5.73 Å². The zero-order valence-electron chi connectivity index (χ0n) is 11.8. The maximum absolute atomic E-state index is 12.8. The van der Waals surface area contributed by atoms with Crippen LogP contribution in [0.3, 0.4) is 0 Å². The number of nitrogen functional groups attached to an aromatic ring is 1. The second kappa shape index (κ2) is 5.65. The van der Waals surface area contributed by atoms with Gasteiger partial charge in [0.25, 0.3) is 0 Å². The highest BCUT2D eigenvalue weighted by molar-refractivity contribution is 8.02. The molecule has 1 amide bonds. The zero-order chi connectivity index (χ0) is 15.0. The largest absolute Gasteiger partial charge is 0.374 e. The summed E-state index contributed by atoms with van der Waals surface area (Å²) in [5, 5.41) is 7.95. The molecule has 2 aromatic rings. The minimum atomic E-state index is -0.217. The minimum absolute atomic E-state index is 0.103. The van der Waals surface area contributed by atoms with Gasteiger partial charge in [0.15, 0.2) is 4.34 Å². The predicted molar refractivity (Wildman–Crippen MR) is 86.7 cm³/mol. The van der Waals surface area contributed by atoms with Crippen molar-refractivity contribution in [2.75, 3.05) is 10.6 Å². The van der Waals surface area contributed by atoms with E-state index in [0.29, 0.717) is 5.13 Å². The molecular formula is C14H16N4OS2. The molecule has 0 fully saturated rings. The molecule has 0 aliphatic carbocycles. The summed E-state index contributed by atoms with van der Waals surface area (Å²) in [6.07, 6.45) is 0.908. The van der Waals surface area contributed by atoms with Crippen LogP contribution in [0.2, 0.25) is 0 Å². The maximum Gasteiger partial charge on any atom is 0.240 e. The number of anilines is 2. The molecule has 7 heteroatoms. The molecule has 2 atom stereocenters. The third-order valence-electron chi connectivity index (χ3n) is 3.49. The molecule has 0 radical (unpaired) electrons. The number of hydrogen-bond acceptors (Lipinski definition) is 6. The topological polar surface area (TPSA) is 72.1 Å². The van der Waals surface area contributed by atoms with Gasteiger partial charge >= 0.3 is 0 Å². The number of aromatic nitrogens is 2. The Kier molecular flexibility index (Phi) is 3.86. The third-order valence-corrected chi connectivity index (χ3v) is 5.42. The van der Waals surface area contributed by atoms with Crippen LogP contribution in [-0.4, -0.2) is 27.4 Å². The van der Waals surface area contributed by atoms with Crippen LogP contribution in [0.1, 0.15) is 19.4 Å². The first-order valence-electron chi connectivity index (χ1n) is 6.73. The fourth-order valence-electron chi connectivity index (χ4n) is 2.57. The van der Waals surface area contributed by atoms with E-state index >= 15 is 0 Å². The number of nitrogens with two attached hydrogens (primary N) is 1. The lowest BCUT2D eigenvalue weighted by Gasteiger charge is -2.25. The highest BCUT2D eigenvalue weighted by atomic mass is 32.2. The van der Waals surface area contributed by atoms with Gasteiger partial charge < -0.3 is 10.6 Å². The van der Waals surface area contributed by atoms with Crippen LogP contribution >= 0.6 is 23.1 Å². The highest BCUT2D eigenvalue weighted by Gasteiger charge is 2.33. The van der Waals surface area contributed by atoms with Crippen molar-refractivity contribution in [1.82, 2.24) is 10.2 Å². The number of thioether (sulfide) groups is 1. The summed E-state index contributed by atoms with van der Waals surface area (Å²) in [6, 6.07) is 8.28. The molecule has 0 saturated heterocycles. The molecule has 3 rings (SSSR count). The van der Waals surface area contributed by atoms with Gasteiger partial charge in [0, 0.05) is 11.7 Å². The average molecular weight is 320 g/mol. The number of hydrogen-bond donors (Lipinski definition) is 1. The van der Waals surface area contributed by atoms with Crippen molar-refractivity contribution in [2.24, 2.45) is 0 Å². The lowest BCUT2D eigenvalue weighted by molar-refractivity contribution is -0.118. The molecule has 1 aromatic heterocycles. The molecule has 1 aliphatic heterocycles. The summed E-state index contributed by atoms with van der Waals surface area (Å²) < 4.78 is 0.730. The highest BCUT2D eigenvalue weighted by Crippen LogP contribution is 2.35. The van der Waals surface area contributed by atoms with Crippen molar-refractivity contribution in [3.8, 4) is 0 Å². The van der Waals surface area contributed by atoms with E-state index < -0.39 is 0 Å². The van der Waals surface area contributed by atoms with Crippen molar-refractivity contribution < 1.29 is 4.79 Å². The van der Waals surface area contributed by atoms with Crippen molar-refractivity contribution in [1.29, 1.82) is 0 Å². The van der Waals surface area contributed by atoms with Crippen molar-refractivity contribution >= 4 is 39.8 Å². The maximum atomic E-state index is 12.8. The van der Waals surface area contributed by atoms with Gasteiger partial charge in [0.1, 0.15) is 0 Å². The van der Waals surface area contributed by atoms with Crippen LogP contribution < -0.4 is 10.6 Å². The van der Waals surface area contributed by atoms with Crippen LogP contribution in [0.5, 0.6) is 0 Å². The van der Waals surface area contributed by atoms with E-state index in [0.717, 1.165) is 16.4 Å². The molecular weight excluding hydrogens is 304 g/mol. The molecule has 0 unspecified atom stereocenters. The van der Waals surface area contributed by atoms with Gasteiger partial charge in [-0.3, -0.25) is 4.79 Å². The van der Waals surface area contributed by atoms with Crippen LogP contribution in [-0.2, 0) is 11.2 Å². The average Bonchev–Trinajstić information content (AvgIpc) is 3.00. The lowest BCUT2D eigenvalue weighted by Crippen LogP contribution is -2.40. The smallest absolute Gasteiger partial charge is 0.240 e. The molecule has 110 valence electrons. The van der Waals surface area contributed by atoms with E-state index in [1.807, 2.05) is 30.0 Å². The Morgan fingerprint density at radius 1 is 1.48 bits per heavy atom. The first-order valence-corrected chi connectivity index (χ1v) is 8.42. The Morgan fingerprint density at radius 2 is 2.24 bits per heavy atom. The Morgan fingerprint density at radius 3 is 2.95 bits per heavy atom. The first kappa shape index (κ1) is 14.3. The SMILES string of the molecule is C[C@@H]1Cc2ccccc2N1C(=O)[C@@H](C)Sc1nnc(N)s1. The van der Waals surface area contributed by atoms with Gasteiger partial charge in [-0.05, 0) is 31.9 Å². The Hall–Kier alpha value is -1.60. The lowest BCUT2D eigenvalue weighted by atomic mass is 10.1. The normalized spacial score (nSPS) is 18.6. The van der Waals surface area contributed by atoms with Crippen LogP contribution in [0.4, 0.5) is 10.8 Å². The monoisotopic (exact) mass is 320 g/mol. The van der Waals surface area contributed by atoms with E-state index in [9.17, 15) is 4.79 Å². The fraction of sp³-hybridized carbons (Fsp3) is 0.357. The Labute approximate surface area is 131 Å². The number of carbonyl (C=O) groups excluding carboxylic acids is 1. The quantitative estimate of drug-likeness (QED) is 0.880. The summed E-state index contributed by atoms with van der Waals surface area (Å²) in [6.45, 7) is 3.98. The van der Waals surface area contributed by atoms with Crippen molar-refractivity contribution in [3.63, 3.8) is 0 Å². The van der Waals surface area contributed by atoms with Gasteiger partial charge in [-0.2, -0.15) is 0 Å². The number of rotatable bonds is 3. The van der Waals surface area contributed by atoms with Gasteiger partial charge in [0.2, 0.25) is 11.0 Å². The second-order valence-electron chi connectivity index (χ2n) is 5.06. The van der Waals surface area contributed by atoms with Crippen molar-refractivity contribution in [2.45, 2.75) is 35.9 Å². The van der Waals surface area contributed by atoms with Gasteiger partial charge in [-0.25, -0.2) is 0 Å². The van der Waals surface area contributed by atoms with Crippen LogP contribution in [0, 0.1) is 0 Å². The third kappa shape index (κ3) is 2.75. The summed E-state index contributed by atoms with van der Waals surface area (Å²) in [4.78, 5) is 14.7. The summed E-state index contributed by atoms with van der Waals surface area (Å²) in [5.41, 5.74) is 7.83. The number of benzene rings is 1. The summed E-state index contributed by atoms with van der Waals surface area (Å²) in [5.74, 6) is 0.103. The fourth-order valence-corrected chi connectivity index (χ4v) is 4.40.